The Morgan fingerprint density at radius 1 is 1.44 bits per heavy atom. The molecule has 0 saturated heterocycles. The number of carboxylic acids is 1. The molecule has 0 heterocycles. The first-order chi connectivity index (χ1) is 7.40. The molecule has 1 aromatic rings. The Bertz CT molecular complexity index is 413. The fraction of sp³-hybridized carbons (Fsp3) is 0.222. The molecule has 0 aliphatic carbocycles. The summed E-state index contributed by atoms with van der Waals surface area (Å²) in [5.74, 6) is -7.53. The number of hydrogen-bond donors (Lipinski definition) is 2. The van der Waals surface area contributed by atoms with E-state index in [0.29, 0.717) is 6.07 Å². The van der Waals surface area contributed by atoms with Gasteiger partial charge >= 0.3 is 5.97 Å². The molecule has 88 valence electrons. The van der Waals surface area contributed by atoms with Gasteiger partial charge < -0.3 is 10.8 Å². The first kappa shape index (κ1) is 12.8. The Hall–Kier alpha value is -1.27. The monoisotopic (exact) mass is 253 g/mol. The summed E-state index contributed by atoms with van der Waals surface area (Å²) < 4.78 is 39.6. The number of hydrogen-bond acceptors (Lipinski definition) is 2. The fourth-order valence-electron chi connectivity index (χ4n) is 1.24. The number of halogens is 4. The molecule has 0 aliphatic rings. The highest BCUT2D eigenvalue weighted by molar-refractivity contribution is 6.30. The van der Waals surface area contributed by atoms with Gasteiger partial charge in [0.25, 0.3) is 0 Å². The van der Waals surface area contributed by atoms with Crippen LogP contribution in [0.4, 0.5) is 13.2 Å². The Morgan fingerprint density at radius 2 is 2.00 bits per heavy atom. The summed E-state index contributed by atoms with van der Waals surface area (Å²) in [5, 5.41) is 7.99. The van der Waals surface area contributed by atoms with Crippen LogP contribution < -0.4 is 5.73 Å². The van der Waals surface area contributed by atoms with Crippen molar-refractivity contribution in [1.29, 1.82) is 0 Å². The highest BCUT2D eigenvalue weighted by Gasteiger charge is 2.29. The van der Waals surface area contributed by atoms with E-state index >= 15 is 0 Å². The van der Waals surface area contributed by atoms with Gasteiger partial charge in [0.1, 0.15) is 5.82 Å². The van der Waals surface area contributed by atoms with Gasteiger partial charge in [-0.25, -0.2) is 13.2 Å². The molecule has 0 aromatic heterocycles. The predicted octanol–water partition coefficient (Wildman–Crippen LogP) is 1.88. The van der Waals surface area contributed by atoms with Crippen molar-refractivity contribution in [3.05, 3.63) is 34.1 Å². The third-order valence-electron chi connectivity index (χ3n) is 2.03. The third-order valence-corrected chi connectivity index (χ3v) is 2.30. The van der Waals surface area contributed by atoms with Gasteiger partial charge in [0, 0.05) is 12.1 Å². The van der Waals surface area contributed by atoms with E-state index in [-0.39, 0.29) is 0 Å². The Morgan fingerprint density at radius 3 is 2.44 bits per heavy atom. The molecule has 7 heteroatoms. The van der Waals surface area contributed by atoms with Gasteiger partial charge in [0.15, 0.2) is 11.6 Å². The summed E-state index contributed by atoms with van der Waals surface area (Å²) in [5.41, 5.74) is 4.11. The molecule has 0 bridgehead atoms. The first-order valence-corrected chi connectivity index (χ1v) is 4.53. The van der Waals surface area contributed by atoms with Crippen LogP contribution in [0.2, 0.25) is 5.02 Å². The topological polar surface area (TPSA) is 63.3 Å². The maximum atomic E-state index is 13.4. The molecule has 0 aliphatic heterocycles. The SMILES string of the molecule is NCC(C(=O)O)c1c(F)c(F)cc(Cl)c1F. The molecule has 1 unspecified atom stereocenters. The van der Waals surface area contributed by atoms with Crippen molar-refractivity contribution >= 4 is 17.6 Å². The number of benzene rings is 1. The second-order valence-corrected chi connectivity index (χ2v) is 3.42. The molecular weight excluding hydrogens is 247 g/mol. The van der Waals surface area contributed by atoms with Crippen LogP contribution >= 0.6 is 11.6 Å². The molecule has 3 nitrogen and oxygen atoms in total. The standard InChI is InChI=1S/C9H7ClF3NO2/c10-4-1-5(11)8(13)6(7(4)12)3(2-14)9(15)16/h1,3H,2,14H2,(H,15,16). The van der Waals surface area contributed by atoms with Crippen LogP contribution in [-0.2, 0) is 4.79 Å². The van der Waals surface area contributed by atoms with Gasteiger partial charge in [-0.1, -0.05) is 11.6 Å². The predicted molar refractivity (Wildman–Crippen MR) is 50.8 cm³/mol. The molecule has 1 rings (SSSR count). The van der Waals surface area contributed by atoms with E-state index in [0.717, 1.165) is 0 Å². The second-order valence-electron chi connectivity index (χ2n) is 3.01. The molecule has 3 N–H and O–H groups in total. The van der Waals surface area contributed by atoms with Crippen molar-refractivity contribution in [1.82, 2.24) is 0 Å². The zero-order valence-corrected chi connectivity index (χ0v) is 8.56. The second kappa shape index (κ2) is 4.71. The number of carbonyl (C=O) groups is 1. The minimum Gasteiger partial charge on any atom is -0.481 e. The van der Waals surface area contributed by atoms with E-state index in [1.807, 2.05) is 0 Å². The lowest BCUT2D eigenvalue weighted by Crippen LogP contribution is -2.24. The van der Waals surface area contributed by atoms with Crippen molar-refractivity contribution in [2.24, 2.45) is 5.73 Å². The smallest absolute Gasteiger partial charge is 0.312 e. The van der Waals surface area contributed by atoms with Crippen molar-refractivity contribution in [3.8, 4) is 0 Å². The van der Waals surface area contributed by atoms with Crippen LogP contribution in [0.1, 0.15) is 11.5 Å². The van der Waals surface area contributed by atoms with Crippen molar-refractivity contribution < 1.29 is 23.1 Å². The summed E-state index contributed by atoms with van der Waals surface area (Å²) in [6, 6.07) is 0.436. The molecule has 1 aromatic carbocycles. The maximum absolute atomic E-state index is 13.4. The average Bonchev–Trinajstić information content (AvgIpc) is 2.21. The Labute approximate surface area is 93.6 Å². The highest BCUT2D eigenvalue weighted by atomic mass is 35.5. The van der Waals surface area contributed by atoms with Gasteiger partial charge in [0.2, 0.25) is 0 Å². The summed E-state index contributed by atoms with van der Waals surface area (Å²) >= 11 is 5.28. The molecule has 1 atom stereocenters. The zero-order chi connectivity index (χ0) is 12.5. The minimum absolute atomic E-state index is 0.436. The van der Waals surface area contributed by atoms with Crippen LogP contribution in [0.15, 0.2) is 6.07 Å². The van der Waals surface area contributed by atoms with Crippen molar-refractivity contribution in [2.75, 3.05) is 6.54 Å². The van der Waals surface area contributed by atoms with E-state index in [2.05, 4.69) is 0 Å². The average molecular weight is 254 g/mol. The fourth-order valence-corrected chi connectivity index (χ4v) is 1.44. The van der Waals surface area contributed by atoms with Gasteiger partial charge in [-0.3, -0.25) is 4.79 Å². The quantitative estimate of drug-likeness (QED) is 0.809. The summed E-state index contributed by atoms with van der Waals surface area (Å²) in [6.45, 7) is -0.567. The van der Waals surface area contributed by atoms with E-state index in [9.17, 15) is 18.0 Å². The third kappa shape index (κ3) is 2.12. The zero-order valence-electron chi connectivity index (χ0n) is 7.81. The van der Waals surface area contributed by atoms with Crippen LogP contribution in [0.3, 0.4) is 0 Å². The lowest BCUT2D eigenvalue weighted by Gasteiger charge is -2.13. The van der Waals surface area contributed by atoms with E-state index in [4.69, 9.17) is 22.4 Å². The molecule has 0 fully saturated rings. The van der Waals surface area contributed by atoms with Gasteiger partial charge in [-0.15, -0.1) is 0 Å². The van der Waals surface area contributed by atoms with Crippen LogP contribution in [0.25, 0.3) is 0 Å². The normalized spacial score (nSPS) is 12.6. The summed E-state index contributed by atoms with van der Waals surface area (Å²) in [7, 11) is 0. The summed E-state index contributed by atoms with van der Waals surface area (Å²) in [6.07, 6.45) is 0. The van der Waals surface area contributed by atoms with Crippen molar-refractivity contribution in [2.45, 2.75) is 5.92 Å². The Kier molecular flexibility index (Phi) is 3.77. The van der Waals surface area contributed by atoms with Gasteiger partial charge in [-0.2, -0.15) is 0 Å². The van der Waals surface area contributed by atoms with Crippen LogP contribution in [0.5, 0.6) is 0 Å². The number of nitrogens with two attached hydrogens (primary N) is 1. The summed E-state index contributed by atoms with van der Waals surface area (Å²) in [4.78, 5) is 10.7. The molecule has 0 amide bonds. The number of aliphatic carboxylic acids is 1. The molecule has 16 heavy (non-hydrogen) atoms. The van der Waals surface area contributed by atoms with E-state index < -0.39 is 46.5 Å². The lowest BCUT2D eigenvalue weighted by atomic mass is 9.98. The molecule has 0 radical (unpaired) electrons. The maximum Gasteiger partial charge on any atom is 0.312 e. The van der Waals surface area contributed by atoms with Crippen molar-refractivity contribution in [3.63, 3.8) is 0 Å². The van der Waals surface area contributed by atoms with Gasteiger partial charge in [0.05, 0.1) is 10.9 Å². The number of carboxylic acid groups (broad SMARTS) is 1. The largest absolute Gasteiger partial charge is 0.481 e. The molecule has 0 saturated carbocycles. The van der Waals surface area contributed by atoms with Crippen LogP contribution in [0, 0.1) is 17.5 Å². The Balaban J connectivity index is 3.47. The lowest BCUT2D eigenvalue weighted by molar-refractivity contribution is -0.138. The highest BCUT2D eigenvalue weighted by Crippen LogP contribution is 2.29. The van der Waals surface area contributed by atoms with Gasteiger partial charge in [-0.05, 0) is 6.07 Å². The van der Waals surface area contributed by atoms with E-state index in [1.54, 1.807) is 0 Å². The molecule has 0 spiro atoms. The van der Waals surface area contributed by atoms with E-state index in [1.165, 1.54) is 0 Å². The first-order valence-electron chi connectivity index (χ1n) is 4.15. The van der Waals surface area contributed by atoms with Crippen LogP contribution in [-0.4, -0.2) is 17.6 Å². The minimum atomic E-state index is -1.67. The number of rotatable bonds is 3. The molecular formula is C9H7ClF3NO2.